The molecule has 2 fully saturated rings. The van der Waals surface area contributed by atoms with Crippen LogP contribution in [0, 0.1) is 0 Å². The number of H-pyrrole nitrogens is 1. The molecule has 0 aliphatic carbocycles. The molecule has 0 unspecified atom stereocenters. The molecule has 4 heterocycles. The first kappa shape index (κ1) is 18.0. The normalized spacial score (nSPS) is 21.1. The summed E-state index contributed by atoms with van der Waals surface area (Å²) in [6.07, 6.45) is 4.28. The van der Waals surface area contributed by atoms with Crippen molar-refractivity contribution in [2.75, 3.05) is 26.2 Å². The van der Waals surface area contributed by atoms with Gasteiger partial charge in [-0.25, -0.2) is 9.89 Å². The third-order valence-corrected chi connectivity index (χ3v) is 5.63. The van der Waals surface area contributed by atoms with Crippen molar-refractivity contribution in [1.82, 2.24) is 24.6 Å². The number of likely N-dealkylation sites (tertiary alicyclic amines) is 2. The van der Waals surface area contributed by atoms with Crippen LogP contribution in [-0.2, 0) is 13.1 Å². The van der Waals surface area contributed by atoms with Gasteiger partial charge in [0.25, 0.3) is 5.91 Å². The molecule has 2 aromatic heterocycles. The van der Waals surface area contributed by atoms with Crippen LogP contribution in [0.2, 0.25) is 0 Å². The number of aromatic amines is 1. The van der Waals surface area contributed by atoms with Crippen molar-refractivity contribution in [2.45, 2.75) is 51.6 Å². The topological polar surface area (TPSA) is 87.4 Å². The molecule has 1 amide bonds. The predicted octanol–water partition coefficient (Wildman–Crippen LogP) is 1.80. The summed E-state index contributed by atoms with van der Waals surface area (Å²) in [6, 6.07) is 3.70. The Kier molecular flexibility index (Phi) is 5.15. The average Bonchev–Trinajstić information content (AvgIpc) is 3.43. The number of carbonyl (C=O) groups is 1. The van der Waals surface area contributed by atoms with Crippen LogP contribution in [-0.4, -0.2) is 56.7 Å². The molecule has 0 aromatic carbocycles. The minimum absolute atomic E-state index is 0.0700. The molecule has 4 rings (SSSR count). The number of piperidine rings is 1. The molecular formula is C19H27N5O3. The van der Waals surface area contributed by atoms with Gasteiger partial charge in [-0.15, -0.1) is 0 Å². The summed E-state index contributed by atoms with van der Waals surface area (Å²) in [7, 11) is 0. The van der Waals surface area contributed by atoms with E-state index >= 15 is 0 Å². The standard InChI is InChI=1S/C19H27N5O3/c1-2-24-17(20-21-19(24)26)14-6-5-11-23(12-14)18(25)16-8-7-15(27-16)13-22-9-3-4-10-22/h7-8,14H,2-6,9-13H2,1H3,(H,21,26)/t14-/m0/s1. The molecule has 8 nitrogen and oxygen atoms in total. The highest BCUT2D eigenvalue weighted by Crippen LogP contribution is 2.26. The van der Waals surface area contributed by atoms with Crippen LogP contribution >= 0.6 is 0 Å². The van der Waals surface area contributed by atoms with E-state index in [-0.39, 0.29) is 17.5 Å². The number of amides is 1. The van der Waals surface area contributed by atoms with E-state index in [9.17, 15) is 9.59 Å². The Bertz CT molecular complexity index is 846. The van der Waals surface area contributed by atoms with Crippen LogP contribution in [0.25, 0.3) is 0 Å². The number of hydrogen-bond donors (Lipinski definition) is 1. The molecule has 0 saturated carbocycles. The van der Waals surface area contributed by atoms with Gasteiger partial charge in [-0.2, -0.15) is 5.10 Å². The highest BCUT2D eigenvalue weighted by molar-refractivity contribution is 5.91. The zero-order valence-electron chi connectivity index (χ0n) is 15.8. The smallest absolute Gasteiger partial charge is 0.343 e. The van der Waals surface area contributed by atoms with Crippen LogP contribution in [0.3, 0.4) is 0 Å². The maximum absolute atomic E-state index is 12.9. The van der Waals surface area contributed by atoms with Crippen LogP contribution in [0.15, 0.2) is 21.3 Å². The van der Waals surface area contributed by atoms with Gasteiger partial charge in [0, 0.05) is 25.6 Å². The van der Waals surface area contributed by atoms with Gasteiger partial charge in [0.2, 0.25) is 0 Å². The van der Waals surface area contributed by atoms with E-state index in [2.05, 4.69) is 15.1 Å². The van der Waals surface area contributed by atoms with Crippen molar-refractivity contribution in [3.63, 3.8) is 0 Å². The molecule has 27 heavy (non-hydrogen) atoms. The molecule has 2 aromatic rings. The molecule has 146 valence electrons. The summed E-state index contributed by atoms with van der Waals surface area (Å²) < 4.78 is 7.49. The molecule has 2 saturated heterocycles. The molecule has 0 spiro atoms. The Morgan fingerprint density at radius 3 is 2.85 bits per heavy atom. The van der Waals surface area contributed by atoms with E-state index in [0.717, 1.165) is 44.1 Å². The van der Waals surface area contributed by atoms with Gasteiger partial charge in [0.15, 0.2) is 5.76 Å². The summed E-state index contributed by atoms with van der Waals surface area (Å²) in [5.74, 6) is 1.99. The van der Waals surface area contributed by atoms with E-state index in [1.807, 2.05) is 17.9 Å². The van der Waals surface area contributed by atoms with Gasteiger partial charge in [-0.3, -0.25) is 14.3 Å². The maximum Gasteiger partial charge on any atom is 0.343 e. The van der Waals surface area contributed by atoms with Crippen molar-refractivity contribution in [3.05, 3.63) is 40.0 Å². The van der Waals surface area contributed by atoms with E-state index in [0.29, 0.717) is 25.4 Å². The summed E-state index contributed by atoms with van der Waals surface area (Å²) in [5, 5.41) is 6.73. The Hall–Kier alpha value is -2.35. The second kappa shape index (κ2) is 7.72. The third kappa shape index (κ3) is 3.71. The fourth-order valence-electron chi connectivity index (χ4n) is 4.21. The first-order chi connectivity index (χ1) is 13.2. The largest absolute Gasteiger partial charge is 0.455 e. The van der Waals surface area contributed by atoms with Crippen molar-refractivity contribution >= 4 is 5.91 Å². The maximum atomic E-state index is 12.9. The number of hydrogen-bond acceptors (Lipinski definition) is 5. The van der Waals surface area contributed by atoms with Gasteiger partial charge in [-0.05, 0) is 57.8 Å². The van der Waals surface area contributed by atoms with Crippen LogP contribution in [0.1, 0.15) is 60.7 Å². The van der Waals surface area contributed by atoms with Crippen molar-refractivity contribution in [1.29, 1.82) is 0 Å². The third-order valence-electron chi connectivity index (χ3n) is 5.63. The lowest BCUT2D eigenvalue weighted by Crippen LogP contribution is -2.40. The molecule has 1 N–H and O–H groups in total. The Morgan fingerprint density at radius 1 is 1.26 bits per heavy atom. The fourth-order valence-corrected chi connectivity index (χ4v) is 4.21. The van der Waals surface area contributed by atoms with E-state index in [1.165, 1.54) is 12.8 Å². The van der Waals surface area contributed by atoms with Crippen molar-refractivity contribution < 1.29 is 9.21 Å². The molecule has 8 heteroatoms. The number of nitrogens with one attached hydrogen (secondary N) is 1. The van der Waals surface area contributed by atoms with Crippen molar-refractivity contribution in [2.24, 2.45) is 0 Å². The number of carbonyl (C=O) groups excluding carboxylic acids is 1. The van der Waals surface area contributed by atoms with Crippen molar-refractivity contribution in [3.8, 4) is 0 Å². The van der Waals surface area contributed by atoms with E-state index in [1.54, 1.807) is 10.6 Å². The lowest BCUT2D eigenvalue weighted by molar-refractivity contribution is 0.0667. The van der Waals surface area contributed by atoms with E-state index in [4.69, 9.17) is 4.42 Å². The number of nitrogens with zero attached hydrogens (tertiary/aromatic N) is 4. The Morgan fingerprint density at radius 2 is 2.07 bits per heavy atom. The zero-order valence-corrected chi connectivity index (χ0v) is 15.8. The lowest BCUT2D eigenvalue weighted by atomic mass is 9.97. The zero-order chi connectivity index (χ0) is 18.8. The highest BCUT2D eigenvalue weighted by Gasteiger charge is 2.30. The quantitative estimate of drug-likeness (QED) is 0.863. The van der Waals surface area contributed by atoms with Gasteiger partial charge < -0.3 is 9.32 Å². The minimum atomic E-state index is -0.187. The van der Waals surface area contributed by atoms with Crippen LogP contribution in [0.5, 0.6) is 0 Å². The first-order valence-corrected chi connectivity index (χ1v) is 9.91. The van der Waals surface area contributed by atoms with Crippen LogP contribution in [0.4, 0.5) is 0 Å². The minimum Gasteiger partial charge on any atom is -0.455 e. The van der Waals surface area contributed by atoms with Gasteiger partial charge in [0.05, 0.1) is 6.54 Å². The Balaban J connectivity index is 1.44. The summed E-state index contributed by atoms with van der Waals surface area (Å²) in [5.41, 5.74) is -0.187. The predicted molar refractivity (Wildman–Crippen MR) is 99.6 cm³/mol. The number of rotatable bonds is 5. The van der Waals surface area contributed by atoms with Gasteiger partial charge in [-0.1, -0.05) is 0 Å². The summed E-state index contributed by atoms with van der Waals surface area (Å²) in [6.45, 7) is 6.74. The summed E-state index contributed by atoms with van der Waals surface area (Å²) >= 11 is 0. The first-order valence-electron chi connectivity index (χ1n) is 9.91. The second-order valence-corrected chi connectivity index (χ2v) is 7.47. The molecule has 0 bridgehead atoms. The molecule has 0 radical (unpaired) electrons. The Labute approximate surface area is 158 Å². The number of aromatic nitrogens is 3. The second-order valence-electron chi connectivity index (χ2n) is 7.47. The lowest BCUT2D eigenvalue weighted by Gasteiger charge is -2.31. The van der Waals surface area contributed by atoms with Gasteiger partial charge in [0.1, 0.15) is 11.6 Å². The average molecular weight is 373 g/mol. The molecule has 1 atom stereocenters. The SMILES string of the molecule is CCn1c([C@H]2CCCN(C(=O)c3ccc(CN4CCCC4)o3)C2)n[nH]c1=O. The molecular weight excluding hydrogens is 346 g/mol. The van der Waals surface area contributed by atoms with E-state index < -0.39 is 0 Å². The fraction of sp³-hybridized carbons (Fsp3) is 0.632. The molecule has 2 aliphatic rings. The van der Waals surface area contributed by atoms with Gasteiger partial charge >= 0.3 is 5.69 Å². The summed E-state index contributed by atoms with van der Waals surface area (Å²) in [4.78, 5) is 28.9. The number of furan rings is 1. The monoisotopic (exact) mass is 373 g/mol. The highest BCUT2D eigenvalue weighted by atomic mass is 16.4. The van der Waals surface area contributed by atoms with Crippen LogP contribution < -0.4 is 5.69 Å². The molecule has 2 aliphatic heterocycles.